The van der Waals surface area contributed by atoms with E-state index in [0.717, 1.165) is 29.7 Å². The lowest BCUT2D eigenvalue weighted by molar-refractivity contribution is -0.142. The lowest BCUT2D eigenvalue weighted by atomic mass is 9.95. The molecule has 0 bridgehead atoms. The Bertz CT molecular complexity index is 939. The molecule has 0 radical (unpaired) electrons. The number of methoxy groups -OCH3 is 1. The van der Waals surface area contributed by atoms with Gasteiger partial charge < -0.3 is 14.0 Å². The SMILES string of the molecule is COC(=O)C1COC(C2C=CC(Cc3nc4ccccc4n3C)=CC2)=N1. The zero-order valence-electron chi connectivity index (χ0n) is 14.9. The van der Waals surface area contributed by atoms with Crippen molar-refractivity contribution in [1.29, 1.82) is 0 Å². The standard InChI is InChI=1S/C20H21N3O3/c1-23-17-6-4-3-5-15(17)21-18(23)11-13-7-9-14(10-8-13)19-22-16(12-26-19)20(24)25-2/h3-9,14,16H,10-12H2,1-2H3. The zero-order valence-corrected chi connectivity index (χ0v) is 14.9. The topological polar surface area (TPSA) is 65.7 Å². The highest BCUT2D eigenvalue weighted by atomic mass is 16.5. The molecule has 2 aliphatic rings. The molecule has 2 heterocycles. The molecule has 1 aliphatic heterocycles. The quantitative estimate of drug-likeness (QED) is 0.794. The van der Waals surface area contributed by atoms with Gasteiger partial charge in [0.1, 0.15) is 12.4 Å². The van der Waals surface area contributed by atoms with Crippen LogP contribution in [0.15, 0.2) is 53.1 Å². The lowest BCUT2D eigenvalue weighted by Crippen LogP contribution is -2.21. The van der Waals surface area contributed by atoms with Gasteiger partial charge in [-0.1, -0.05) is 30.4 Å². The Hall–Kier alpha value is -2.89. The van der Waals surface area contributed by atoms with Gasteiger partial charge in [0, 0.05) is 13.5 Å². The van der Waals surface area contributed by atoms with Crippen LogP contribution >= 0.6 is 0 Å². The van der Waals surface area contributed by atoms with Crippen LogP contribution in [0.3, 0.4) is 0 Å². The van der Waals surface area contributed by atoms with Crippen molar-refractivity contribution in [2.45, 2.75) is 18.9 Å². The van der Waals surface area contributed by atoms with Crippen LogP contribution in [0.2, 0.25) is 0 Å². The summed E-state index contributed by atoms with van der Waals surface area (Å²) in [6.45, 7) is 0.267. The van der Waals surface area contributed by atoms with E-state index in [1.54, 1.807) is 0 Å². The minimum absolute atomic E-state index is 0.0776. The number of benzene rings is 1. The first-order chi connectivity index (χ1) is 12.7. The van der Waals surface area contributed by atoms with Crippen LogP contribution in [-0.2, 0) is 27.7 Å². The summed E-state index contributed by atoms with van der Waals surface area (Å²) in [5.74, 6) is 1.39. The largest absolute Gasteiger partial charge is 0.478 e. The molecule has 6 nitrogen and oxygen atoms in total. The molecule has 134 valence electrons. The van der Waals surface area contributed by atoms with E-state index in [-0.39, 0.29) is 18.5 Å². The number of carbonyl (C=O) groups excluding carboxylic acids is 1. The van der Waals surface area contributed by atoms with E-state index in [9.17, 15) is 4.79 Å². The van der Waals surface area contributed by atoms with Crippen molar-refractivity contribution >= 4 is 22.9 Å². The number of para-hydroxylation sites is 2. The first-order valence-electron chi connectivity index (χ1n) is 8.71. The molecule has 0 fully saturated rings. The van der Waals surface area contributed by atoms with E-state index in [2.05, 4.69) is 40.9 Å². The second-order valence-corrected chi connectivity index (χ2v) is 6.55. The van der Waals surface area contributed by atoms with Gasteiger partial charge in [0.15, 0.2) is 11.9 Å². The van der Waals surface area contributed by atoms with Crippen LogP contribution in [-0.4, -0.2) is 41.2 Å². The van der Waals surface area contributed by atoms with E-state index in [0.29, 0.717) is 5.90 Å². The predicted octanol–water partition coefficient (Wildman–Crippen LogP) is 2.59. The minimum Gasteiger partial charge on any atom is -0.478 e. The lowest BCUT2D eigenvalue weighted by Gasteiger charge is -2.15. The summed E-state index contributed by atoms with van der Waals surface area (Å²) in [5, 5.41) is 0. The molecular weight excluding hydrogens is 330 g/mol. The Morgan fingerprint density at radius 2 is 2.23 bits per heavy atom. The average Bonchev–Trinajstić information content (AvgIpc) is 3.28. The van der Waals surface area contributed by atoms with Crippen molar-refractivity contribution in [3.8, 4) is 0 Å². The first kappa shape index (κ1) is 16.6. The molecule has 0 N–H and O–H groups in total. The molecule has 0 amide bonds. The number of fused-ring (bicyclic) bond motifs is 1. The summed E-state index contributed by atoms with van der Waals surface area (Å²) in [4.78, 5) is 20.6. The summed E-state index contributed by atoms with van der Waals surface area (Å²) < 4.78 is 12.5. The van der Waals surface area contributed by atoms with Crippen LogP contribution in [0.1, 0.15) is 12.2 Å². The first-order valence-corrected chi connectivity index (χ1v) is 8.71. The third kappa shape index (κ3) is 3.03. The maximum absolute atomic E-state index is 11.6. The maximum atomic E-state index is 11.6. The molecule has 0 spiro atoms. The molecule has 26 heavy (non-hydrogen) atoms. The monoisotopic (exact) mass is 351 g/mol. The number of aryl methyl sites for hydroxylation is 1. The highest BCUT2D eigenvalue weighted by Crippen LogP contribution is 2.24. The number of rotatable bonds is 4. The Labute approximate surface area is 151 Å². The predicted molar refractivity (Wildman–Crippen MR) is 98.9 cm³/mol. The maximum Gasteiger partial charge on any atom is 0.334 e. The van der Waals surface area contributed by atoms with Crippen molar-refractivity contribution in [2.24, 2.45) is 18.0 Å². The second-order valence-electron chi connectivity index (χ2n) is 6.55. The zero-order chi connectivity index (χ0) is 18.1. The molecule has 4 rings (SSSR count). The number of aromatic nitrogens is 2. The summed E-state index contributed by atoms with van der Waals surface area (Å²) >= 11 is 0. The Balaban J connectivity index is 1.44. The van der Waals surface area contributed by atoms with Gasteiger partial charge in [-0.15, -0.1) is 0 Å². The number of carbonyl (C=O) groups is 1. The molecule has 0 saturated heterocycles. The molecule has 2 aromatic rings. The molecular formula is C20H21N3O3. The molecule has 6 heteroatoms. The van der Waals surface area contributed by atoms with Gasteiger partial charge in [-0.2, -0.15) is 0 Å². The molecule has 1 aromatic heterocycles. The molecule has 2 unspecified atom stereocenters. The normalized spacial score (nSPS) is 22.1. The third-order valence-corrected chi connectivity index (χ3v) is 4.88. The fraction of sp³-hybridized carbons (Fsp3) is 0.350. The van der Waals surface area contributed by atoms with Crippen molar-refractivity contribution in [2.75, 3.05) is 13.7 Å². The van der Waals surface area contributed by atoms with E-state index in [4.69, 9.17) is 14.5 Å². The number of nitrogens with zero attached hydrogens (tertiary/aromatic N) is 3. The van der Waals surface area contributed by atoms with Crippen molar-refractivity contribution in [3.05, 3.63) is 53.9 Å². The number of esters is 1. The van der Waals surface area contributed by atoms with Gasteiger partial charge in [0.25, 0.3) is 0 Å². The fourth-order valence-corrected chi connectivity index (χ4v) is 3.37. The Morgan fingerprint density at radius 1 is 1.38 bits per heavy atom. The van der Waals surface area contributed by atoms with Crippen molar-refractivity contribution in [3.63, 3.8) is 0 Å². The number of hydrogen-bond donors (Lipinski definition) is 0. The number of allylic oxidation sites excluding steroid dienone is 3. The molecule has 1 aromatic carbocycles. The van der Waals surface area contributed by atoms with E-state index >= 15 is 0 Å². The highest BCUT2D eigenvalue weighted by Gasteiger charge is 2.30. The van der Waals surface area contributed by atoms with Crippen LogP contribution in [0.5, 0.6) is 0 Å². The van der Waals surface area contributed by atoms with Gasteiger partial charge in [0.05, 0.1) is 24.1 Å². The van der Waals surface area contributed by atoms with Gasteiger partial charge >= 0.3 is 5.97 Å². The summed E-state index contributed by atoms with van der Waals surface area (Å²) in [7, 11) is 3.42. The van der Waals surface area contributed by atoms with E-state index < -0.39 is 6.04 Å². The Morgan fingerprint density at radius 3 is 2.96 bits per heavy atom. The van der Waals surface area contributed by atoms with Gasteiger partial charge in [-0.05, 0) is 24.1 Å². The van der Waals surface area contributed by atoms with Crippen LogP contribution < -0.4 is 0 Å². The van der Waals surface area contributed by atoms with Crippen LogP contribution in [0.4, 0.5) is 0 Å². The van der Waals surface area contributed by atoms with Crippen molar-refractivity contribution < 1.29 is 14.3 Å². The molecule has 2 atom stereocenters. The number of imidazole rings is 1. The van der Waals surface area contributed by atoms with Gasteiger partial charge in [0.2, 0.25) is 0 Å². The van der Waals surface area contributed by atoms with E-state index in [1.807, 2.05) is 18.2 Å². The minimum atomic E-state index is -0.534. The number of aliphatic imine (C=N–C) groups is 1. The van der Waals surface area contributed by atoms with Gasteiger partial charge in [-0.3, -0.25) is 0 Å². The van der Waals surface area contributed by atoms with Crippen LogP contribution in [0.25, 0.3) is 11.0 Å². The van der Waals surface area contributed by atoms with E-state index in [1.165, 1.54) is 12.7 Å². The highest BCUT2D eigenvalue weighted by molar-refractivity contribution is 5.88. The second kappa shape index (κ2) is 6.78. The smallest absolute Gasteiger partial charge is 0.334 e. The summed E-state index contributed by atoms with van der Waals surface area (Å²) in [5.41, 5.74) is 3.39. The fourth-order valence-electron chi connectivity index (χ4n) is 3.37. The van der Waals surface area contributed by atoms with Crippen molar-refractivity contribution in [1.82, 2.24) is 9.55 Å². The average molecular weight is 351 g/mol. The summed E-state index contributed by atoms with van der Waals surface area (Å²) in [6, 6.07) is 7.62. The Kier molecular flexibility index (Phi) is 4.32. The molecule has 0 saturated carbocycles. The summed E-state index contributed by atoms with van der Waals surface area (Å²) in [6.07, 6.45) is 7.98. The molecule has 1 aliphatic carbocycles. The van der Waals surface area contributed by atoms with Gasteiger partial charge in [-0.25, -0.2) is 14.8 Å². The third-order valence-electron chi connectivity index (χ3n) is 4.88. The number of hydrogen-bond acceptors (Lipinski definition) is 5. The van der Waals surface area contributed by atoms with Crippen LogP contribution in [0, 0.1) is 5.92 Å². The number of ether oxygens (including phenoxy) is 2.